The molecule has 1 fully saturated rings. The molecule has 8 heteroatoms. The molecule has 33 heavy (non-hydrogen) atoms. The Morgan fingerprint density at radius 1 is 1.12 bits per heavy atom. The Hall–Kier alpha value is -2.71. The number of methoxy groups -OCH3 is 1. The summed E-state index contributed by atoms with van der Waals surface area (Å²) in [6.45, 7) is 6.75. The SMILES string of the molecule is COc1ccc2c(c1)SC(C(=O)OCCCN1CCN(c3ccccc3)CC1)C(=O)C(C)O2. The molecule has 2 aromatic rings. The van der Waals surface area contributed by atoms with Gasteiger partial charge in [0.2, 0.25) is 0 Å². The fourth-order valence-corrected chi connectivity index (χ4v) is 5.16. The van der Waals surface area contributed by atoms with Gasteiger partial charge in [0, 0.05) is 38.4 Å². The smallest absolute Gasteiger partial charge is 0.327 e. The number of anilines is 1. The van der Waals surface area contributed by atoms with Crippen molar-refractivity contribution in [3.63, 3.8) is 0 Å². The lowest BCUT2D eigenvalue weighted by Gasteiger charge is -2.36. The van der Waals surface area contributed by atoms with Crippen LogP contribution in [0.4, 0.5) is 5.69 Å². The van der Waals surface area contributed by atoms with Gasteiger partial charge < -0.3 is 19.1 Å². The maximum atomic E-state index is 12.8. The van der Waals surface area contributed by atoms with Crippen LogP contribution >= 0.6 is 11.8 Å². The van der Waals surface area contributed by atoms with E-state index in [0.29, 0.717) is 23.0 Å². The molecule has 0 spiro atoms. The number of ether oxygens (including phenoxy) is 3. The lowest BCUT2D eigenvalue weighted by molar-refractivity contribution is -0.146. The summed E-state index contributed by atoms with van der Waals surface area (Å²) in [6.07, 6.45) is 0.0182. The van der Waals surface area contributed by atoms with Crippen LogP contribution in [0, 0.1) is 0 Å². The first-order valence-corrected chi connectivity index (χ1v) is 12.2. The number of piperazine rings is 1. The van der Waals surface area contributed by atoms with Crippen molar-refractivity contribution in [1.82, 2.24) is 4.90 Å². The van der Waals surface area contributed by atoms with Crippen LogP contribution in [-0.4, -0.2) is 74.4 Å². The van der Waals surface area contributed by atoms with Crippen LogP contribution in [0.25, 0.3) is 0 Å². The second-order valence-corrected chi connectivity index (χ2v) is 9.31. The van der Waals surface area contributed by atoms with Crippen LogP contribution in [0.5, 0.6) is 11.5 Å². The van der Waals surface area contributed by atoms with Crippen molar-refractivity contribution in [3.05, 3.63) is 48.5 Å². The van der Waals surface area contributed by atoms with E-state index in [1.807, 2.05) is 6.07 Å². The topological polar surface area (TPSA) is 68.3 Å². The minimum atomic E-state index is -0.942. The second kappa shape index (κ2) is 10.9. The minimum Gasteiger partial charge on any atom is -0.497 e. The van der Waals surface area contributed by atoms with Gasteiger partial charge in [-0.15, -0.1) is 0 Å². The number of esters is 1. The molecule has 0 saturated carbocycles. The maximum absolute atomic E-state index is 12.8. The molecule has 4 rings (SSSR count). The van der Waals surface area contributed by atoms with Crippen molar-refractivity contribution in [2.75, 3.05) is 51.3 Å². The van der Waals surface area contributed by atoms with Gasteiger partial charge in [0.15, 0.2) is 17.1 Å². The van der Waals surface area contributed by atoms with Gasteiger partial charge in [0.1, 0.15) is 11.5 Å². The zero-order chi connectivity index (χ0) is 23.2. The highest BCUT2D eigenvalue weighted by Crippen LogP contribution is 2.39. The Balaban J connectivity index is 1.24. The third kappa shape index (κ3) is 5.81. The Kier molecular flexibility index (Phi) is 7.77. The molecule has 176 valence electrons. The molecule has 2 unspecified atom stereocenters. The van der Waals surface area contributed by atoms with Gasteiger partial charge in [-0.3, -0.25) is 14.5 Å². The number of ketones is 1. The molecule has 0 radical (unpaired) electrons. The van der Waals surface area contributed by atoms with E-state index in [0.717, 1.165) is 39.1 Å². The Bertz CT molecular complexity index is 963. The van der Waals surface area contributed by atoms with E-state index >= 15 is 0 Å². The van der Waals surface area contributed by atoms with Crippen LogP contribution in [0.3, 0.4) is 0 Å². The molecule has 2 aromatic carbocycles. The number of thioether (sulfide) groups is 1. The average molecular weight is 471 g/mol. The average Bonchev–Trinajstić information content (AvgIpc) is 2.98. The van der Waals surface area contributed by atoms with Crippen molar-refractivity contribution < 1.29 is 23.8 Å². The molecule has 2 aliphatic heterocycles. The van der Waals surface area contributed by atoms with E-state index in [4.69, 9.17) is 14.2 Å². The first-order valence-electron chi connectivity index (χ1n) is 11.3. The fraction of sp³-hybridized carbons (Fsp3) is 0.440. The number of hydrogen-bond donors (Lipinski definition) is 0. The molecule has 0 N–H and O–H groups in total. The van der Waals surface area contributed by atoms with Crippen molar-refractivity contribution in [2.24, 2.45) is 0 Å². The van der Waals surface area contributed by atoms with E-state index in [1.54, 1.807) is 32.2 Å². The quantitative estimate of drug-likeness (QED) is 0.347. The van der Waals surface area contributed by atoms with Crippen molar-refractivity contribution in [1.29, 1.82) is 0 Å². The van der Waals surface area contributed by atoms with Crippen molar-refractivity contribution in [3.8, 4) is 11.5 Å². The van der Waals surface area contributed by atoms with Gasteiger partial charge >= 0.3 is 5.97 Å². The Morgan fingerprint density at radius 3 is 2.61 bits per heavy atom. The van der Waals surface area contributed by atoms with Crippen LogP contribution in [0.2, 0.25) is 0 Å². The summed E-state index contributed by atoms with van der Waals surface area (Å²) in [4.78, 5) is 31.0. The summed E-state index contributed by atoms with van der Waals surface area (Å²) in [5.41, 5.74) is 1.26. The number of Topliss-reactive ketones (excluding diaryl/α,β-unsaturated/α-hetero) is 1. The first-order chi connectivity index (χ1) is 16.0. The Morgan fingerprint density at radius 2 is 1.88 bits per heavy atom. The van der Waals surface area contributed by atoms with E-state index in [9.17, 15) is 9.59 Å². The predicted octanol–water partition coefficient (Wildman–Crippen LogP) is 3.26. The summed E-state index contributed by atoms with van der Waals surface area (Å²) >= 11 is 1.17. The van der Waals surface area contributed by atoms with Crippen LogP contribution in [0.1, 0.15) is 13.3 Å². The predicted molar refractivity (Wildman–Crippen MR) is 128 cm³/mol. The number of benzene rings is 2. The van der Waals surface area contributed by atoms with Crippen molar-refractivity contribution in [2.45, 2.75) is 29.6 Å². The monoisotopic (exact) mass is 470 g/mol. The molecule has 0 bridgehead atoms. The number of fused-ring (bicyclic) bond motifs is 1. The van der Waals surface area contributed by atoms with Gasteiger partial charge in [-0.2, -0.15) is 0 Å². The van der Waals surface area contributed by atoms with Crippen LogP contribution in [0.15, 0.2) is 53.4 Å². The van der Waals surface area contributed by atoms with E-state index in [1.165, 1.54) is 17.4 Å². The molecular formula is C25H30N2O5S. The van der Waals surface area contributed by atoms with E-state index < -0.39 is 17.3 Å². The number of rotatable bonds is 7. The number of nitrogens with zero attached hydrogens (tertiary/aromatic N) is 2. The number of carbonyl (C=O) groups is 2. The molecule has 0 amide bonds. The molecular weight excluding hydrogens is 440 g/mol. The molecule has 7 nitrogen and oxygen atoms in total. The molecule has 2 heterocycles. The molecule has 0 aliphatic carbocycles. The highest BCUT2D eigenvalue weighted by atomic mass is 32.2. The number of para-hydroxylation sites is 1. The third-order valence-corrected chi connectivity index (χ3v) is 7.16. The zero-order valence-corrected chi connectivity index (χ0v) is 19.9. The third-order valence-electron chi connectivity index (χ3n) is 5.93. The van der Waals surface area contributed by atoms with Crippen LogP contribution in [-0.2, 0) is 14.3 Å². The molecule has 2 atom stereocenters. The summed E-state index contributed by atoms with van der Waals surface area (Å²) in [5.74, 6) is 0.431. The van der Waals surface area contributed by atoms with Gasteiger partial charge in [-0.25, -0.2) is 0 Å². The molecule has 2 aliphatic rings. The van der Waals surface area contributed by atoms with Crippen molar-refractivity contribution >= 4 is 29.2 Å². The maximum Gasteiger partial charge on any atom is 0.327 e. The van der Waals surface area contributed by atoms with Gasteiger partial charge in [-0.05, 0) is 43.7 Å². The summed E-state index contributed by atoms with van der Waals surface area (Å²) in [6, 6.07) is 15.8. The number of hydrogen-bond acceptors (Lipinski definition) is 8. The van der Waals surface area contributed by atoms with E-state index in [-0.39, 0.29) is 5.78 Å². The van der Waals surface area contributed by atoms with Gasteiger partial charge in [-0.1, -0.05) is 30.0 Å². The second-order valence-electron chi connectivity index (χ2n) is 8.16. The number of carbonyl (C=O) groups excluding carboxylic acids is 2. The fourth-order valence-electron chi connectivity index (χ4n) is 4.02. The largest absolute Gasteiger partial charge is 0.497 e. The standard InChI is InChI=1S/C25H30N2O5S/c1-18-23(28)24(33-22-17-20(30-2)9-10-21(22)32-18)25(29)31-16-6-11-26-12-14-27(15-13-26)19-7-4-3-5-8-19/h3-5,7-10,17-18,24H,6,11-16H2,1-2H3. The summed E-state index contributed by atoms with van der Waals surface area (Å²) in [7, 11) is 1.57. The highest BCUT2D eigenvalue weighted by molar-refractivity contribution is 8.01. The van der Waals surface area contributed by atoms with E-state index in [2.05, 4.69) is 34.1 Å². The first kappa shape index (κ1) is 23.4. The lowest BCUT2D eigenvalue weighted by Crippen LogP contribution is -2.46. The normalized spacial score (nSPS) is 21.0. The highest BCUT2D eigenvalue weighted by Gasteiger charge is 2.37. The van der Waals surface area contributed by atoms with Gasteiger partial charge in [0.25, 0.3) is 0 Å². The van der Waals surface area contributed by atoms with Crippen LogP contribution < -0.4 is 14.4 Å². The summed E-state index contributed by atoms with van der Waals surface area (Å²) in [5, 5.41) is -0.942. The minimum absolute atomic E-state index is 0.280. The Labute approximate surface area is 199 Å². The van der Waals surface area contributed by atoms with Gasteiger partial charge in [0.05, 0.1) is 18.6 Å². The summed E-state index contributed by atoms with van der Waals surface area (Å²) < 4.78 is 16.5. The molecule has 0 aromatic heterocycles. The zero-order valence-electron chi connectivity index (χ0n) is 19.1. The lowest BCUT2D eigenvalue weighted by atomic mass is 10.2. The molecule has 1 saturated heterocycles.